The van der Waals surface area contributed by atoms with Crippen LogP contribution in [0.2, 0.25) is 0 Å². The molecule has 0 fully saturated rings. The van der Waals surface area contributed by atoms with E-state index < -0.39 is 5.97 Å². The van der Waals surface area contributed by atoms with E-state index in [2.05, 4.69) is 10.3 Å². The highest BCUT2D eigenvalue weighted by atomic mass is 16.4. The normalized spacial score (nSPS) is 12.5. The molecule has 0 amide bonds. The number of hydrogen-bond donors (Lipinski definition) is 3. The first-order chi connectivity index (χ1) is 7.90. The molecule has 6 heteroatoms. The second kappa shape index (κ2) is 5.49. The largest absolute Gasteiger partial charge is 0.478 e. The summed E-state index contributed by atoms with van der Waals surface area (Å²) in [6.45, 7) is 2.84. The molecule has 4 N–H and O–H groups in total. The Balaban J connectivity index is 2.75. The van der Waals surface area contributed by atoms with Gasteiger partial charge in [0.1, 0.15) is 5.82 Å². The number of likely N-dealkylation sites (N-methyl/N-ethyl adjacent to an activating group) is 1. The Hall–Kier alpha value is -1.82. The number of aromatic nitrogens is 1. The molecule has 1 aromatic rings. The van der Waals surface area contributed by atoms with E-state index in [1.807, 2.05) is 25.9 Å². The van der Waals surface area contributed by atoms with E-state index in [9.17, 15) is 4.79 Å². The molecule has 94 valence electrons. The maximum absolute atomic E-state index is 10.7. The molecule has 0 aliphatic carbocycles. The van der Waals surface area contributed by atoms with Gasteiger partial charge >= 0.3 is 5.97 Å². The lowest BCUT2D eigenvalue weighted by Gasteiger charge is -2.19. The van der Waals surface area contributed by atoms with Crippen molar-refractivity contribution in [1.29, 1.82) is 0 Å². The van der Waals surface area contributed by atoms with Gasteiger partial charge in [-0.25, -0.2) is 9.78 Å². The van der Waals surface area contributed by atoms with Crippen LogP contribution >= 0.6 is 0 Å². The molecule has 17 heavy (non-hydrogen) atoms. The van der Waals surface area contributed by atoms with Gasteiger partial charge in [0.25, 0.3) is 0 Å². The number of nitrogen functional groups attached to an aromatic ring is 1. The summed E-state index contributed by atoms with van der Waals surface area (Å²) in [7, 11) is 3.95. The van der Waals surface area contributed by atoms with E-state index in [0.717, 1.165) is 6.54 Å². The number of hydrogen-bond acceptors (Lipinski definition) is 5. The fourth-order valence-electron chi connectivity index (χ4n) is 1.55. The van der Waals surface area contributed by atoms with Crippen molar-refractivity contribution in [2.45, 2.75) is 13.0 Å². The minimum Gasteiger partial charge on any atom is -0.478 e. The molecule has 0 bridgehead atoms. The summed E-state index contributed by atoms with van der Waals surface area (Å²) in [5.41, 5.74) is 6.17. The van der Waals surface area contributed by atoms with Crippen LogP contribution in [-0.2, 0) is 0 Å². The summed E-state index contributed by atoms with van der Waals surface area (Å²) >= 11 is 0. The summed E-state index contributed by atoms with van der Waals surface area (Å²) in [6.07, 6.45) is 1.30. The van der Waals surface area contributed by atoms with Gasteiger partial charge in [-0.1, -0.05) is 0 Å². The number of aromatic carboxylic acids is 1. The Labute approximate surface area is 100 Å². The van der Waals surface area contributed by atoms with E-state index in [0.29, 0.717) is 11.5 Å². The molecule has 1 rings (SSSR count). The summed E-state index contributed by atoms with van der Waals surface area (Å²) in [4.78, 5) is 16.8. The summed E-state index contributed by atoms with van der Waals surface area (Å²) in [5.74, 6) is -0.513. The fourth-order valence-corrected chi connectivity index (χ4v) is 1.55. The van der Waals surface area contributed by atoms with Gasteiger partial charge in [0.2, 0.25) is 0 Å². The molecule has 0 spiro atoms. The van der Waals surface area contributed by atoms with Crippen molar-refractivity contribution in [3.63, 3.8) is 0 Å². The molecule has 1 unspecified atom stereocenters. The molecular weight excluding hydrogens is 220 g/mol. The number of pyridine rings is 1. The average molecular weight is 238 g/mol. The van der Waals surface area contributed by atoms with Gasteiger partial charge in [0.15, 0.2) is 0 Å². The predicted octanol–water partition coefficient (Wildman–Crippen LogP) is 0.724. The highest BCUT2D eigenvalue weighted by Gasteiger charge is 2.10. The number of carboxylic acid groups (broad SMARTS) is 1. The maximum atomic E-state index is 10.7. The molecule has 0 aromatic carbocycles. The minimum atomic E-state index is -1.03. The number of nitrogens with zero attached hydrogens (tertiary/aromatic N) is 2. The third-order valence-electron chi connectivity index (χ3n) is 2.19. The van der Waals surface area contributed by atoms with E-state index in [1.54, 1.807) is 0 Å². The van der Waals surface area contributed by atoms with Crippen molar-refractivity contribution in [2.75, 3.05) is 31.7 Å². The molecular formula is C11H18N4O2. The Morgan fingerprint density at radius 1 is 1.65 bits per heavy atom. The van der Waals surface area contributed by atoms with Gasteiger partial charge in [0.05, 0.1) is 11.3 Å². The van der Waals surface area contributed by atoms with E-state index in [-0.39, 0.29) is 11.6 Å². The van der Waals surface area contributed by atoms with Crippen molar-refractivity contribution in [3.8, 4) is 0 Å². The van der Waals surface area contributed by atoms with Crippen molar-refractivity contribution in [3.05, 3.63) is 17.8 Å². The summed E-state index contributed by atoms with van der Waals surface area (Å²) in [6, 6.07) is 1.58. The third-order valence-corrected chi connectivity index (χ3v) is 2.19. The number of carboxylic acids is 1. The molecule has 1 atom stereocenters. The topological polar surface area (TPSA) is 91.5 Å². The Morgan fingerprint density at radius 2 is 2.29 bits per heavy atom. The Bertz CT molecular complexity index is 406. The second-order valence-corrected chi connectivity index (χ2v) is 4.27. The smallest absolute Gasteiger partial charge is 0.337 e. The highest BCUT2D eigenvalue weighted by Crippen LogP contribution is 2.17. The number of nitrogens with two attached hydrogens (primary N) is 1. The molecule has 6 nitrogen and oxygen atoms in total. The lowest BCUT2D eigenvalue weighted by atomic mass is 10.2. The maximum Gasteiger partial charge on any atom is 0.337 e. The van der Waals surface area contributed by atoms with Crippen LogP contribution < -0.4 is 11.1 Å². The average Bonchev–Trinajstić information content (AvgIpc) is 2.19. The first-order valence-corrected chi connectivity index (χ1v) is 5.30. The lowest BCUT2D eigenvalue weighted by molar-refractivity contribution is 0.0696. The third kappa shape index (κ3) is 3.92. The zero-order valence-corrected chi connectivity index (χ0v) is 10.3. The molecule has 0 radical (unpaired) electrons. The molecule has 0 aliphatic heterocycles. The number of rotatable bonds is 5. The molecule has 1 heterocycles. The highest BCUT2D eigenvalue weighted by molar-refractivity contribution is 5.89. The zero-order chi connectivity index (χ0) is 13.0. The Morgan fingerprint density at radius 3 is 2.76 bits per heavy atom. The fraction of sp³-hybridized carbons (Fsp3) is 0.455. The van der Waals surface area contributed by atoms with Crippen molar-refractivity contribution in [1.82, 2.24) is 9.88 Å². The van der Waals surface area contributed by atoms with Crippen LogP contribution in [0.25, 0.3) is 0 Å². The van der Waals surface area contributed by atoms with Gasteiger partial charge in [-0.15, -0.1) is 0 Å². The quantitative estimate of drug-likeness (QED) is 0.700. The number of carbonyl (C=O) groups is 1. The monoisotopic (exact) mass is 238 g/mol. The van der Waals surface area contributed by atoms with Crippen LogP contribution in [0.3, 0.4) is 0 Å². The van der Waals surface area contributed by atoms with Gasteiger partial charge in [-0.05, 0) is 27.1 Å². The summed E-state index contributed by atoms with van der Waals surface area (Å²) in [5, 5.41) is 11.9. The minimum absolute atomic E-state index is 0.0910. The van der Waals surface area contributed by atoms with Gasteiger partial charge in [0, 0.05) is 18.8 Å². The summed E-state index contributed by atoms with van der Waals surface area (Å²) < 4.78 is 0. The van der Waals surface area contributed by atoms with Gasteiger partial charge < -0.3 is 21.1 Å². The predicted molar refractivity (Wildman–Crippen MR) is 67.2 cm³/mol. The van der Waals surface area contributed by atoms with E-state index >= 15 is 0 Å². The zero-order valence-electron chi connectivity index (χ0n) is 10.3. The second-order valence-electron chi connectivity index (χ2n) is 4.27. The van der Waals surface area contributed by atoms with Crippen molar-refractivity contribution in [2.24, 2.45) is 0 Å². The lowest BCUT2D eigenvalue weighted by Crippen LogP contribution is -2.30. The van der Waals surface area contributed by atoms with Crippen LogP contribution in [-0.4, -0.2) is 47.6 Å². The molecule has 1 aromatic heterocycles. The van der Waals surface area contributed by atoms with Crippen molar-refractivity contribution >= 4 is 17.5 Å². The molecule has 0 saturated heterocycles. The Kier molecular flexibility index (Phi) is 4.28. The van der Waals surface area contributed by atoms with Crippen LogP contribution in [0.4, 0.5) is 11.5 Å². The molecule has 0 aliphatic rings. The first-order valence-electron chi connectivity index (χ1n) is 5.30. The SMILES string of the molecule is CC(CN(C)C)Nc1ncc(C(=O)O)cc1N. The van der Waals surface area contributed by atoms with Crippen LogP contribution in [0.15, 0.2) is 12.3 Å². The van der Waals surface area contributed by atoms with Crippen molar-refractivity contribution < 1.29 is 9.90 Å². The van der Waals surface area contributed by atoms with Crippen LogP contribution in [0.1, 0.15) is 17.3 Å². The van der Waals surface area contributed by atoms with Gasteiger partial charge in [-0.3, -0.25) is 0 Å². The number of anilines is 2. The van der Waals surface area contributed by atoms with Crippen LogP contribution in [0.5, 0.6) is 0 Å². The van der Waals surface area contributed by atoms with Crippen LogP contribution in [0, 0.1) is 0 Å². The first kappa shape index (κ1) is 13.2. The number of nitrogens with one attached hydrogen (secondary N) is 1. The van der Waals surface area contributed by atoms with E-state index in [1.165, 1.54) is 12.3 Å². The van der Waals surface area contributed by atoms with Gasteiger partial charge in [-0.2, -0.15) is 0 Å². The standard InChI is InChI=1S/C11H18N4O2/c1-7(6-15(2)3)14-10-9(12)4-8(5-13-10)11(16)17/h4-5,7H,6,12H2,1-3H3,(H,13,14)(H,16,17). The molecule has 0 saturated carbocycles. The van der Waals surface area contributed by atoms with E-state index in [4.69, 9.17) is 10.8 Å².